The van der Waals surface area contributed by atoms with Gasteiger partial charge in [-0.05, 0) is 41.5 Å². The molecule has 0 bridgehead atoms. The third-order valence-corrected chi connectivity index (χ3v) is 3.81. The summed E-state index contributed by atoms with van der Waals surface area (Å²) in [7, 11) is 0. The molecule has 3 rings (SSSR count). The number of rotatable bonds is 6. The van der Waals surface area contributed by atoms with E-state index in [1.807, 2.05) is 6.07 Å². The Morgan fingerprint density at radius 3 is 2.69 bits per heavy atom. The van der Waals surface area contributed by atoms with Crippen LogP contribution >= 0.6 is 11.6 Å². The van der Waals surface area contributed by atoms with E-state index in [0.29, 0.717) is 23.1 Å². The molecule has 1 amide bonds. The summed E-state index contributed by atoms with van der Waals surface area (Å²) in [6.45, 7) is 0.145. The summed E-state index contributed by atoms with van der Waals surface area (Å²) < 4.78 is 15.4. The molecule has 2 aromatic rings. The van der Waals surface area contributed by atoms with E-state index in [2.05, 4.69) is 5.32 Å². The Morgan fingerprint density at radius 2 is 1.88 bits per heavy atom. The minimum absolute atomic E-state index is 0.199. The fraction of sp³-hybridized carbons (Fsp3) is 0.158. The molecule has 1 aliphatic heterocycles. The number of amides is 1. The van der Waals surface area contributed by atoms with Gasteiger partial charge in [-0.25, -0.2) is 4.79 Å². The average Bonchev–Trinajstić information content (AvgIpc) is 3.12. The van der Waals surface area contributed by atoms with E-state index in [-0.39, 0.29) is 13.4 Å². The summed E-state index contributed by atoms with van der Waals surface area (Å²) in [6.07, 6.45) is 2.84. The molecular formula is C19H16ClNO5. The van der Waals surface area contributed by atoms with Gasteiger partial charge in [0.15, 0.2) is 18.1 Å². The number of nitrogens with one attached hydrogen (secondary N) is 1. The molecule has 0 saturated heterocycles. The van der Waals surface area contributed by atoms with Crippen LogP contribution in [-0.2, 0) is 20.9 Å². The lowest BCUT2D eigenvalue weighted by atomic mass is 10.2. The Balaban J connectivity index is 1.40. The second-order valence-electron chi connectivity index (χ2n) is 5.46. The first-order chi connectivity index (χ1) is 12.6. The number of hydrogen-bond donors (Lipinski definition) is 1. The summed E-state index contributed by atoms with van der Waals surface area (Å²) in [5.41, 5.74) is 1.66. The van der Waals surface area contributed by atoms with Crippen LogP contribution in [0.2, 0.25) is 5.02 Å². The number of esters is 1. The van der Waals surface area contributed by atoms with Crippen molar-refractivity contribution in [1.29, 1.82) is 0 Å². The van der Waals surface area contributed by atoms with E-state index in [9.17, 15) is 9.59 Å². The van der Waals surface area contributed by atoms with Crippen LogP contribution in [0.15, 0.2) is 48.5 Å². The number of fused-ring (bicyclic) bond motifs is 1. The fourth-order valence-corrected chi connectivity index (χ4v) is 2.35. The minimum atomic E-state index is -0.599. The fourth-order valence-electron chi connectivity index (χ4n) is 2.23. The molecule has 0 aromatic heterocycles. The number of carbonyl (C=O) groups excluding carboxylic acids is 2. The van der Waals surface area contributed by atoms with Crippen LogP contribution in [0.25, 0.3) is 6.08 Å². The van der Waals surface area contributed by atoms with Gasteiger partial charge in [0.25, 0.3) is 5.91 Å². The van der Waals surface area contributed by atoms with Gasteiger partial charge >= 0.3 is 5.97 Å². The highest BCUT2D eigenvalue weighted by atomic mass is 35.5. The number of halogens is 1. The summed E-state index contributed by atoms with van der Waals surface area (Å²) in [5.74, 6) is 0.339. The highest BCUT2D eigenvalue weighted by molar-refractivity contribution is 6.30. The van der Waals surface area contributed by atoms with E-state index in [1.54, 1.807) is 42.5 Å². The van der Waals surface area contributed by atoms with Crippen LogP contribution in [0, 0.1) is 0 Å². The van der Waals surface area contributed by atoms with Gasteiger partial charge in [0.2, 0.25) is 6.79 Å². The van der Waals surface area contributed by atoms with Gasteiger partial charge in [0.05, 0.1) is 0 Å². The lowest BCUT2D eigenvalue weighted by molar-refractivity contribution is -0.143. The van der Waals surface area contributed by atoms with Gasteiger partial charge in [0.1, 0.15) is 0 Å². The molecule has 1 heterocycles. The van der Waals surface area contributed by atoms with E-state index < -0.39 is 11.9 Å². The zero-order chi connectivity index (χ0) is 18.4. The summed E-state index contributed by atoms with van der Waals surface area (Å²) in [6, 6.07) is 12.4. The molecule has 0 fully saturated rings. The quantitative estimate of drug-likeness (QED) is 0.622. The minimum Gasteiger partial charge on any atom is -0.454 e. The van der Waals surface area contributed by atoms with Crippen molar-refractivity contribution >= 4 is 29.6 Å². The molecule has 0 saturated carbocycles. The van der Waals surface area contributed by atoms with Crippen molar-refractivity contribution < 1.29 is 23.8 Å². The molecule has 0 unspecified atom stereocenters. The Morgan fingerprint density at radius 1 is 1.12 bits per heavy atom. The number of hydrogen-bond acceptors (Lipinski definition) is 5. The largest absolute Gasteiger partial charge is 0.454 e. The topological polar surface area (TPSA) is 73.9 Å². The summed E-state index contributed by atoms with van der Waals surface area (Å²) in [4.78, 5) is 23.4. The smallest absolute Gasteiger partial charge is 0.331 e. The second-order valence-corrected chi connectivity index (χ2v) is 5.89. The predicted molar refractivity (Wildman–Crippen MR) is 95.9 cm³/mol. The highest BCUT2D eigenvalue weighted by Gasteiger charge is 2.13. The monoisotopic (exact) mass is 373 g/mol. The van der Waals surface area contributed by atoms with Crippen molar-refractivity contribution in [2.24, 2.45) is 0 Å². The van der Waals surface area contributed by atoms with Crippen molar-refractivity contribution in [3.05, 3.63) is 64.7 Å². The Bertz CT molecular complexity index is 832. The van der Waals surface area contributed by atoms with Crippen molar-refractivity contribution in [1.82, 2.24) is 5.32 Å². The first kappa shape index (κ1) is 17.8. The number of carbonyl (C=O) groups is 2. The third kappa shape index (κ3) is 5.00. The predicted octanol–water partition coefficient (Wildman–Crippen LogP) is 2.94. The van der Waals surface area contributed by atoms with Crippen molar-refractivity contribution in [3.63, 3.8) is 0 Å². The van der Waals surface area contributed by atoms with Gasteiger partial charge in [-0.1, -0.05) is 29.8 Å². The maximum absolute atomic E-state index is 11.8. The normalized spacial score (nSPS) is 12.2. The standard InChI is InChI=1S/C19H16ClNO5/c20-15-5-1-13(2-6-15)4-8-19(23)24-11-18(22)21-10-14-3-7-16-17(9-14)26-12-25-16/h1-9H,10-12H2,(H,21,22)/b8-4+. The van der Waals surface area contributed by atoms with Crippen LogP contribution in [0.3, 0.4) is 0 Å². The van der Waals surface area contributed by atoms with Crippen LogP contribution in [0.4, 0.5) is 0 Å². The van der Waals surface area contributed by atoms with E-state index >= 15 is 0 Å². The van der Waals surface area contributed by atoms with Gasteiger partial charge in [-0.3, -0.25) is 4.79 Å². The van der Waals surface area contributed by atoms with Crippen molar-refractivity contribution in [2.75, 3.05) is 13.4 Å². The lowest BCUT2D eigenvalue weighted by Gasteiger charge is -2.06. The van der Waals surface area contributed by atoms with Gasteiger partial charge in [0, 0.05) is 17.6 Å². The second kappa shape index (κ2) is 8.40. The summed E-state index contributed by atoms with van der Waals surface area (Å²) >= 11 is 5.79. The lowest BCUT2D eigenvalue weighted by Crippen LogP contribution is -2.28. The molecule has 0 aliphatic carbocycles. The molecule has 2 aromatic carbocycles. The third-order valence-electron chi connectivity index (χ3n) is 3.55. The SMILES string of the molecule is O=C(COC(=O)/C=C/c1ccc(Cl)cc1)NCc1ccc2c(c1)OCO2. The van der Waals surface area contributed by atoms with Crippen LogP contribution in [0.1, 0.15) is 11.1 Å². The van der Waals surface area contributed by atoms with E-state index in [1.165, 1.54) is 6.08 Å². The van der Waals surface area contributed by atoms with Crippen LogP contribution in [0.5, 0.6) is 11.5 Å². The molecule has 134 valence electrons. The van der Waals surface area contributed by atoms with E-state index in [0.717, 1.165) is 11.1 Å². The molecular weight excluding hydrogens is 358 g/mol. The molecule has 1 aliphatic rings. The first-order valence-electron chi connectivity index (χ1n) is 7.86. The van der Waals surface area contributed by atoms with Gasteiger partial charge in [-0.15, -0.1) is 0 Å². The maximum atomic E-state index is 11.8. The van der Waals surface area contributed by atoms with E-state index in [4.69, 9.17) is 25.8 Å². The summed E-state index contributed by atoms with van der Waals surface area (Å²) in [5, 5.41) is 3.29. The first-order valence-corrected chi connectivity index (χ1v) is 8.23. The molecule has 26 heavy (non-hydrogen) atoms. The Labute approximate surface area is 155 Å². The average molecular weight is 374 g/mol. The van der Waals surface area contributed by atoms with Crippen molar-refractivity contribution in [2.45, 2.75) is 6.54 Å². The molecule has 7 heteroatoms. The van der Waals surface area contributed by atoms with Crippen LogP contribution in [-0.4, -0.2) is 25.3 Å². The zero-order valence-corrected chi connectivity index (χ0v) is 14.5. The highest BCUT2D eigenvalue weighted by Crippen LogP contribution is 2.32. The molecule has 1 N–H and O–H groups in total. The molecule has 0 spiro atoms. The van der Waals surface area contributed by atoms with Gasteiger partial charge < -0.3 is 19.5 Å². The molecule has 0 atom stereocenters. The number of ether oxygens (including phenoxy) is 3. The van der Waals surface area contributed by atoms with Crippen LogP contribution < -0.4 is 14.8 Å². The Kier molecular flexibility index (Phi) is 5.76. The molecule has 6 nitrogen and oxygen atoms in total. The van der Waals surface area contributed by atoms with Crippen molar-refractivity contribution in [3.8, 4) is 11.5 Å². The molecule has 0 radical (unpaired) electrons. The number of benzene rings is 2. The maximum Gasteiger partial charge on any atom is 0.331 e. The van der Waals surface area contributed by atoms with Gasteiger partial charge in [-0.2, -0.15) is 0 Å². The zero-order valence-electron chi connectivity index (χ0n) is 13.7. The Hall–Kier alpha value is -2.99.